The highest BCUT2D eigenvalue weighted by Gasteiger charge is 2.22. The Morgan fingerprint density at radius 1 is 0.792 bits per heavy atom. The summed E-state index contributed by atoms with van der Waals surface area (Å²) in [5.41, 5.74) is 4.31. The number of ether oxygens (including phenoxy) is 1. The molecule has 4 heterocycles. The summed E-state index contributed by atoms with van der Waals surface area (Å²) in [5, 5.41) is 0. The summed E-state index contributed by atoms with van der Waals surface area (Å²) in [7, 11) is 13.6. The maximum absolute atomic E-state index is 6.00. The fourth-order valence-corrected chi connectivity index (χ4v) is 7.20. The van der Waals surface area contributed by atoms with Crippen LogP contribution in [-0.4, -0.2) is 81.8 Å². The Kier molecular flexibility index (Phi) is 12.3. The predicted molar refractivity (Wildman–Crippen MR) is 216 cm³/mol. The van der Waals surface area contributed by atoms with E-state index in [0.717, 1.165) is 69.2 Å². The van der Waals surface area contributed by atoms with Gasteiger partial charge in [0, 0.05) is 69.0 Å². The zero-order chi connectivity index (χ0) is 37.3. The van der Waals surface area contributed by atoms with Crippen molar-refractivity contribution in [3.05, 3.63) is 133 Å². The van der Waals surface area contributed by atoms with Gasteiger partial charge in [0.05, 0.1) is 66.5 Å². The summed E-state index contributed by atoms with van der Waals surface area (Å²) in [6.07, 6.45) is 28.6. The molecule has 2 aromatic heterocycles. The molecule has 0 bridgehead atoms. The van der Waals surface area contributed by atoms with Gasteiger partial charge in [-0.1, -0.05) is 54.6 Å². The van der Waals surface area contributed by atoms with Crippen LogP contribution in [0.3, 0.4) is 0 Å². The van der Waals surface area contributed by atoms with Crippen LogP contribution < -0.4 is 18.8 Å². The molecule has 2 aliphatic heterocycles. The van der Waals surface area contributed by atoms with Crippen molar-refractivity contribution in [2.75, 3.05) is 72.9 Å². The van der Waals surface area contributed by atoms with Gasteiger partial charge >= 0.3 is 5.89 Å². The lowest BCUT2D eigenvalue weighted by Crippen LogP contribution is -2.47. The first-order valence-corrected chi connectivity index (χ1v) is 19.2. The molecule has 0 saturated carbocycles. The fourth-order valence-electron chi connectivity index (χ4n) is 7.20. The van der Waals surface area contributed by atoms with Crippen molar-refractivity contribution in [2.45, 2.75) is 32.2 Å². The van der Waals surface area contributed by atoms with Crippen LogP contribution in [0.15, 0.2) is 126 Å². The van der Waals surface area contributed by atoms with E-state index in [2.05, 4.69) is 140 Å². The van der Waals surface area contributed by atoms with Crippen LogP contribution in [-0.2, 0) is 13.6 Å². The lowest BCUT2D eigenvalue weighted by molar-refractivity contribution is -0.910. The molecule has 0 saturated heterocycles. The van der Waals surface area contributed by atoms with Crippen molar-refractivity contribution in [1.29, 1.82) is 0 Å². The molecular formula is C45H60N6O2+4. The number of benzene rings is 2. The Balaban J connectivity index is 0.834. The number of quaternary nitrogens is 2. The van der Waals surface area contributed by atoms with Gasteiger partial charge in [0.15, 0.2) is 30.6 Å². The number of para-hydroxylation sites is 4. The van der Waals surface area contributed by atoms with Crippen molar-refractivity contribution in [3.8, 4) is 5.75 Å². The lowest BCUT2D eigenvalue weighted by Gasteiger charge is -2.34. The van der Waals surface area contributed by atoms with Crippen molar-refractivity contribution in [2.24, 2.45) is 13.0 Å². The maximum atomic E-state index is 6.00. The molecule has 0 amide bonds. The number of rotatable bonds is 17. The monoisotopic (exact) mass is 716 g/mol. The smallest absolute Gasteiger partial charge is 0.373 e. The van der Waals surface area contributed by atoms with Gasteiger partial charge in [-0.05, 0) is 36.3 Å². The summed E-state index contributed by atoms with van der Waals surface area (Å²) in [6.45, 7) is 6.87. The Bertz CT molecular complexity index is 1950. The molecule has 8 heteroatoms. The Labute approximate surface area is 317 Å². The number of fused-ring (bicyclic) bond motifs is 2. The van der Waals surface area contributed by atoms with Crippen LogP contribution in [0, 0.1) is 5.92 Å². The van der Waals surface area contributed by atoms with Crippen molar-refractivity contribution in [1.82, 2.24) is 4.90 Å². The molecule has 53 heavy (non-hydrogen) atoms. The SMILES string of the molecule is CN1C(=CC=Cc2cc[n+](CCC[N+](C)(C)CCC[N+](C)(C)CCCN3C=CC(CC=Cc4oc5ccccc5[n+]4C)C=C3)cc2)Oc2ccccc21. The largest absolute Gasteiger partial charge is 0.439 e. The summed E-state index contributed by atoms with van der Waals surface area (Å²) in [4.78, 5) is 4.41. The highest BCUT2D eigenvalue weighted by Crippen LogP contribution is 2.37. The minimum Gasteiger partial charge on any atom is -0.439 e. The molecule has 278 valence electrons. The highest BCUT2D eigenvalue weighted by atomic mass is 16.5. The van der Waals surface area contributed by atoms with Gasteiger partial charge in [-0.15, -0.1) is 0 Å². The highest BCUT2D eigenvalue weighted by molar-refractivity contribution is 5.69. The zero-order valence-electron chi connectivity index (χ0n) is 32.8. The van der Waals surface area contributed by atoms with Crippen LogP contribution in [0.2, 0.25) is 0 Å². The normalized spacial score (nSPS) is 15.8. The topological polar surface area (TPSA) is 36.6 Å². The molecule has 2 aromatic carbocycles. The summed E-state index contributed by atoms with van der Waals surface area (Å²) >= 11 is 0. The van der Waals surface area contributed by atoms with E-state index in [1.807, 2.05) is 49.5 Å². The van der Waals surface area contributed by atoms with Crippen LogP contribution in [0.5, 0.6) is 5.75 Å². The van der Waals surface area contributed by atoms with Crippen LogP contribution in [0.4, 0.5) is 5.69 Å². The number of pyridine rings is 1. The average molecular weight is 717 g/mol. The summed E-state index contributed by atoms with van der Waals surface area (Å²) in [5.74, 6) is 3.04. The molecule has 0 aliphatic carbocycles. The molecule has 0 radical (unpaired) electrons. The predicted octanol–water partition coefficient (Wildman–Crippen LogP) is 7.31. The average Bonchev–Trinajstić information content (AvgIpc) is 3.64. The first-order chi connectivity index (χ1) is 25.6. The molecule has 4 aromatic rings. The van der Waals surface area contributed by atoms with Gasteiger partial charge in [0.1, 0.15) is 7.05 Å². The third-order valence-electron chi connectivity index (χ3n) is 10.6. The lowest BCUT2D eigenvalue weighted by atomic mass is 10.0. The van der Waals surface area contributed by atoms with E-state index < -0.39 is 0 Å². The van der Waals surface area contributed by atoms with E-state index in [1.54, 1.807) is 0 Å². The number of oxazole rings is 1. The summed E-state index contributed by atoms with van der Waals surface area (Å²) in [6, 6.07) is 20.6. The van der Waals surface area contributed by atoms with Gasteiger partial charge in [-0.2, -0.15) is 4.57 Å². The zero-order valence-corrected chi connectivity index (χ0v) is 32.8. The molecule has 6 rings (SSSR count). The van der Waals surface area contributed by atoms with Gasteiger partial charge in [-0.3, -0.25) is 0 Å². The van der Waals surface area contributed by atoms with E-state index in [1.165, 1.54) is 44.6 Å². The molecule has 0 atom stereocenters. The second kappa shape index (κ2) is 17.3. The van der Waals surface area contributed by atoms with Gasteiger partial charge in [0.2, 0.25) is 5.58 Å². The number of hydrogen-bond donors (Lipinski definition) is 0. The quantitative estimate of drug-likeness (QED) is 0.0849. The molecule has 0 fully saturated rings. The first kappa shape index (κ1) is 37.8. The fraction of sp³-hybridized carbons (Fsp3) is 0.378. The molecule has 8 nitrogen and oxygen atoms in total. The number of nitrogens with zero attached hydrogens (tertiary/aromatic N) is 6. The minimum absolute atomic E-state index is 0.417. The van der Waals surface area contributed by atoms with E-state index >= 15 is 0 Å². The number of anilines is 1. The molecule has 0 unspecified atom stereocenters. The van der Waals surface area contributed by atoms with Crippen LogP contribution in [0.1, 0.15) is 37.1 Å². The minimum atomic E-state index is 0.417. The van der Waals surface area contributed by atoms with Gasteiger partial charge in [-0.25, -0.2) is 4.57 Å². The van der Waals surface area contributed by atoms with E-state index in [-0.39, 0.29) is 0 Å². The van der Waals surface area contributed by atoms with E-state index in [4.69, 9.17) is 9.15 Å². The second-order valence-electron chi connectivity index (χ2n) is 15.9. The number of aromatic nitrogens is 2. The maximum Gasteiger partial charge on any atom is 0.373 e. The third-order valence-corrected chi connectivity index (χ3v) is 10.6. The Hall–Kier alpha value is -4.92. The number of aryl methyl sites for hydroxylation is 2. The van der Waals surface area contributed by atoms with E-state index in [0.29, 0.717) is 5.92 Å². The number of allylic oxidation sites excluding steroid dienone is 5. The van der Waals surface area contributed by atoms with E-state index in [9.17, 15) is 0 Å². The van der Waals surface area contributed by atoms with Gasteiger partial charge < -0.3 is 27.9 Å². The molecule has 0 N–H and O–H groups in total. The molecular weight excluding hydrogens is 657 g/mol. The Morgan fingerprint density at radius 3 is 2.21 bits per heavy atom. The van der Waals surface area contributed by atoms with Crippen molar-refractivity contribution >= 4 is 28.9 Å². The molecule has 2 aliphatic rings. The van der Waals surface area contributed by atoms with Crippen molar-refractivity contribution in [3.63, 3.8) is 0 Å². The first-order valence-electron chi connectivity index (χ1n) is 19.2. The van der Waals surface area contributed by atoms with Crippen molar-refractivity contribution < 1.29 is 27.3 Å². The Morgan fingerprint density at radius 2 is 1.47 bits per heavy atom. The standard InChI is InChI=1S/C45H60N6O2/c1-46-40-18-7-9-20-42(40)52-44(46)22-11-16-38-24-30-48(31-25-38)28-13-34-50(3,4)36-15-37-51(5,6)35-14-29-49-32-26-39(27-33-49)17-12-23-45-47(2)41-19-8-10-21-43(41)53-45/h7-12,16,18-27,30-33,39H,13-15,17,28-29,34-37H2,1-6H3/q+4. The number of hydrogen-bond acceptors (Lipinski definition) is 4. The molecule has 0 spiro atoms. The van der Waals surface area contributed by atoms with Crippen LogP contribution in [0.25, 0.3) is 23.3 Å². The second-order valence-corrected chi connectivity index (χ2v) is 15.9. The third kappa shape index (κ3) is 10.6. The van der Waals surface area contributed by atoms with Gasteiger partial charge in [0.25, 0.3) is 5.52 Å². The van der Waals surface area contributed by atoms with Crippen LogP contribution >= 0.6 is 0 Å². The summed E-state index contributed by atoms with van der Waals surface area (Å²) < 4.78 is 18.5.